The zero-order valence-corrected chi connectivity index (χ0v) is 35.9. The van der Waals surface area contributed by atoms with Gasteiger partial charge in [-0.25, -0.2) is 4.98 Å². The molecule has 0 aromatic carbocycles. The van der Waals surface area contributed by atoms with Crippen LogP contribution in [-0.4, -0.2) is 61.9 Å². The first-order chi connectivity index (χ1) is 21.6. The van der Waals surface area contributed by atoms with Crippen molar-refractivity contribution in [1.29, 1.82) is 0 Å². The number of hydrogen-bond acceptors (Lipinski definition) is 7. The van der Waals surface area contributed by atoms with Crippen LogP contribution in [0.1, 0.15) is 119 Å². The Morgan fingerprint density at radius 1 is 0.958 bits per heavy atom. The van der Waals surface area contributed by atoms with Crippen LogP contribution in [0.25, 0.3) is 6.08 Å². The summed E-state index contributed by atoms with van der Waals surface area (Å²) in [6, 6.07) is 0. The number of carboxylic acids is 1. The minimum Gasteiger partial charge on any atom is -0.481 e. The number of rotatable bonds is 19. The largest absolute Gasteiger partial charge is 0.481 e. The number of Topliss-reactive ketones (excluding diaryl/α,β-unsaturated/α-hetero) is 1. The highest BCUT2D eigenvalue weighted by Gasteiger charge is 2.48. The van der Waals surface area contributed by atoms with Crippen molar-refractivity contribution in [3.05, 3.63) is 33.8 Å². The molecule has 1 heterocycles. The molecule has 1 aromatic rings. The molecule has 7 nitrogen and oxygen atoms in total. The van der Waals surface area contributed by atoms with E-state index in [4.69, 9.17) is 8.85 Å². The van der Waals surface area contributed by atoms with Gasteiger partial charge in [-0.05, 0) is 93.4 Å². The number of unbranched alkanes of at least 4 members (excludes halogenated alkanes) is 1. The van der Waals surface area contributed by atoms with Gasteiger partial charge in [-0.3, -0.25) is 9.59 Å². The van der Waals surface area contributed by atoms with Gasteiger partial charge in [0.15, 0.2) is 16.6 Å². The Morgan fingerprint density at radius 3 is 1.98 bits per heavy atom. The predicted molar refractivity (Wildman–Crippen MR) is 208 cm³/mol. The molecule has 0 amide bonds. The van der Waals surface area contributed by atoms with Gasteiger partial charge in [-0.2, -0.15) is 0 Å². The summed E-state index contributed by atoms with van der Waals surface area (Å²) in [5, 5.41) is 24.1. The van der Waals surface area contributed by atoms with E-state index in [9.17, 15) is 19.8 Å². The molecule has 276 valence electrons. The number of allylic oxidation sites excluding steroid dienone is 1. The van der Waals surface area contributed by atoms with E-state index in [1.165, 1.54) is 5.57 Å². The van der Waals surface area contributed by atoms with Crippen LogP contribution in [-0.2, 0) is 18.4 Å². The van der Waals surface area contributed by atoms with E-state index in [-0.39, 0.29) is 34.3 Å². The zero-order valence-electron chi connectivity index (χ0n) is 33.1. The molecule has 0 spiro atoms. The smallest absolute Gasteiger partial charge is 0.305 e. The van der Waals surface area contributed by atoms with Gasteiger partial charge in [0.05, 0.1) is 35.4 Å². The summed E-state index contributed by atoms with van der Waals surface area (Å²) in [5.74, 6) is -1.88. The quantitative estimate of drug-likeness (QED) is 0.0831. The molecule has 2 N–H and O–H groups in total. The molecule has 0 radical (unpaired) electrons. The van der Waals surface area contributed by atoms with Crippen molar-refractivity contribution in [3.8, 4) is 0 Å². The van der Waals surface area contributed by atoms with Crippen molar-refractivity contribution in [3.63, 3.8) is 0 Å². The van der Waals surface area contributed by atoms with Crippen LogP contribution in [0, 0.1) is 24.2 Å². The maximum Gasteiger partial charge on any atom is 0.305 e. The lowest BCUT2D eigenvalue weighted by Crippen LogP contribution is -2.52. The van der Waals surface area contributed by atoms with Crippen molar-refractivity contribution in [2.24, 2.45) is 17.3 Å². The van der Waals surface area contributed by atoms with Gasteiger partial charge in [0.1, 0.15) is 5.78 Å². The first kappa shape index (κ1) is 44.6. The molecule has 0 aliphatic heterocycles. The number of aliphatic hydroxyl groups excluding tert-OH is 1. The fourth-order valence-corrected chi connectivity index (χ4v) is 8.59. The average Bonchev–Trinajstić information content (AvgIpc) is 3.34. The molecular formula is C38H69NO6SSi2. The number of ketones is 1. The van der Waals surface area contributed by atoms with Crippen LogP contribution in [0.5, 0.6) is 0 Å². The molecular weight excluding hydrogens is 655 g/mol. The number of carboxylic acid groups (broad SMARTS) is 1. The van der Waals surface area contributed by atoms with Gasteiger partial charge < -0.3 is 19.1 Å². The van der Waals surface area contributed by atoms with Crippen LogP contribution in [0.2, 0.25) is 36.3 Å². The Bertz CT molecular complexity index is 1250. The minimum absolute atomic E-state index is 0.0225. The molecule has 1 rings (SSSR count). The third-order valence-electron chi connectivity index (χ3n) is 10.9. The van der Waals surface area contributed by atoms with Gasteiger partial charge in [0, 0.05) is 16.7 Å². The van der Waals surface area contributed by atoms with Crippen molar-refractivity contribution < 1.29 is 28.7 Å². The van der Waals surface area contributed by atoms with Crippen LogP contribution < -0.4 is 0 Å². The van der Waals surface area contributed by atoms with Crippen LogP contribution in [0.3, 0.4) is 0 Å². The number of aryl methyl sites for hydroxylation is 1. The Labute approximate surface area is 299 Å². The van der Waals surface area contributed by atoms with Crippen molar-refractivity contribution >= 4 is 45.8 Å². The van der Waals surface area contributed by atoms with E-state index in [2.05, 4.69) is 103 Å². The predicted octanol–water partition coefficient (Wildman–Crippen LogP) is 10.5. The van der Waals surface area contributed by atoms with Gasteiger partial charge in [0.2, 0.25) is 0 Å². The topological polar surface area (TPSA) is 106 Å². The summed E-state index contributed by atoms with van der Waals surface area (Å²) in [7, 11) is -4.35. The number of thiazole rings is 1. The minimum atomic E-state index is -2.35. The van der Waals surface area contributed by atoms with E-state index in [1.54, 1.807) is 32.1 Å². The molecule has 0 aliphatic rings. The number of aliphatic carboxylic acids is 1. The van der Waals surface area contributed by atoms with Crippen molar-refractivity contribution in [2.45, 2.75) is 170 Å². The number of aromatic nitrogens is 1. The standard InChI is InChI=1S/C38H69NO6SSi2/c1-26(34(42)28(3)35(43)38(11,12)32(24-33(40)41)45-48(15,16)37(8,9)10)21-19-17-18-20-22-31(44-47(13,14)36(5,6)7)27(2)23-30-25-46-29(4)39-30/h18,20,23,25-26,28,31-32,34,42H,17,19,21-22,24H2,1-16H3,(H,40,41)/b20-18-,27-23+/t26-,28+,31-,32-,34-/m0/s1. The van der Waals surface area contributed by atoms with E-state index in [0.717, 1.165) is 36.4 Å². The number of nitrogens with zero attached hydrogens (tertiary/aromatic N) is 1. The number of aliphatic hydroxyl groups is 1. The van der Waals surface area contributed by atoms with Gasteiger partial charge in [-0.15, -0.1) is 11.3 Å². The molecule has 48 heavy (non-hydrogen) atoms. The average molecular weight is 724 g/mol. The second-order valence-corrected chi connectivity index (χ2v) is 28.1. The normalized spacial score (nSPS) is 17.3. The summed E-state index contributed by atoms with van der Waals surface area (Å²) in [5.41, 5.74) is 1.09. The fraction of sp³-hybridized carbons (Fsp3) is 0.763. The fourth-order valence-electron chi connectivity index (χ4n) is 5.23. The first-order valence-corrected chi connectivity index (χ1v) is 24.4. The molecule has 0 bridgehead atoms. The maximum absolute atomic E-state index is 13.8. The SMILES string of the molecule is C/C(=C\c1csc(C)n1)[C@H](C/C=C\CCC[C@H](C)[C@H](O)[C@@H](C)C(=O)C(C)(C)[C@H](CC(=O)O)O[Si](C)(C)C(C)(C)C)O[Si](C)(C)C(C)(C)C. The van der Waals surface area contributed by atoms with Crippen LogP contribution in [0.15, 0.2) is 23.1 Å². The monoisotopic (exact) mass is 723 g/mol. The molecule has 0 unspecified atom stereocenters. The number of hydrogen-bond donors (Lipinski definition) is 2. The number of carbonyl (C=O) groups is 2. The molecule has 0 aliphatic carbocycles. The third-order valence-corrected chi connectivity index (χ3v) is 20.6. The van der Waals surface area contributed by atoms with Gasteiger partial charge >= 0.3 is 5.97 Å². The molecule has 1 aromatic heterocycles. The lowest BCUT2D eigenvalue weighted by molar-refractivity contribution is -0.146. The summed E-state index contributed by atoms with van der Waals surface area (Å²) >= 11 is 1.65. The highest BCUT2D eigenvalue weighted by Crippen LogP contribution is 2.42. The second kappa shape index (κ2) is 17.7. The van der Waals surface area contributed by atoms with Crippen LogP contribution >= 0.6 is 11.3 Å². The Kier molecular flexibility index (Phi) is 16.4. The van der Waals surface area contributed by atoms with Gasteiger partial charge in [-0.1, -0.05) is 81.4 Å². The summed E-state index contributed by atoms with van der Waals surface area (Å²) in [4.78, 5) is 30.3. The molecule has 5 atom stereocenters. The lowest BCUT2D eigenvalue weighted by Gasteiger charge is -2.44. The van der Waals surface area contributed by atoms with Gasteiger partial charge in [0.25, 0.3) is 0 Å². The maximum atomic E-state index is 13.8. The number of carbonyl (C=O) groups excluding carboxylic acids is 1. The third kappa shape index (κ3) is 13.0. The summed E-state index contributed by atoms with van der Waals surface area (Å²) in [6.07, 6.45) is 7.99. The van der Waals surface area contributed by atoms with E-state index >= 15 is 0 Å². The van der Waals surface area contributed by atoms with E-state index in [1.807, 2.05) is 13.8 Å². The Balaban J connectivity index is 2.90. The van der Waals surface area contributed by atoms with E-state index < -0.39 is 46.1 Å². The Morgan fingerprint density at radius 2 is 1.50 bits per heavy atom. The van der Waals surface area contributed by atoms with Crippen LogP contribution in [0.4, 0.5) is 0 Å². The molecule has 10 heteroatoms. The van der Waals surface area contributed by atoms with Crippen molar-refractivity contribution in [2.75, 3.05) is 0 Å². The summed E-state index contributed by atoms with van der Waals surface area (Å²) in [6.45, 7) is 33.2. The van der Waals surface area contributed by atoms with E-state index in [0.29, 0.717) is 0 Å². The second-order valence-electron chi connectivity index (χ2n) is 17.5. The first-order valence-electron chi connectivity index (χ1n) is 17.7. The molecule has 0 fully saturated rings. The van der Waals surface area contributed by atoms with Crippen molar-refractivity contribution in [1.82, 2.24) is 4.98 Å². The highest BCUT2D eigenvalue weighted by molar-refractivity contribution is 7.09. The highest BCUT2D eigenvalue weighted by atomic mass is 32.1. The summed E-state index contributed by atoms with van der Waals surface area (Å²) < 4.78 is 13.4. The molecule has 0 saturated carbocycles. The molecule has 0 saturated heterocycles. The zero-order chi connectivity index (χ0) is 37.5. The lowest BCUT2D eigenvalue weighted by atomic mass is 9.73. The Hall–Kier alpha value is -1.44.